The number of benzene rings is 1. The molecule has 3 nitrogen and oxygen atoms in total. The second kappa shape index (κ2) is 6.10. The second-order valence-electron chi connectivity index (χ2n) is 4.37. The number of rotatable bonds is 3. The summed E-state index contributed by atoms with van der Waals surface area (Å²) in [5.74, 6) is -0.155. The maximum atomic E-state index is 13.8. The Kier molecular flexibility index (Phi) is 4.48. The topological polar surface area (TPSA) is 38.5 Å². The first-order chi connectivity index (χ1) is 8.29. The van der Waals surface area contributed by atoms with Crippen LogP contribution in [-0.4, -0.2) is 31.2 Å². The van der Waals surface area contributed by atoms with E-state index in [1.54, 1.807) is 0 Å². The summed E-state index contributed by atoms with van der Waals surface area (Å²) in [7, 11) is 0. The average molecular weight is 238 g/mol. The molecule has 0 bridgehead atoms. The standard InChI is InChI=1S/C13H19FN2O/c14-13-8-11(9-15)2-3-12(13)10-16-4-1-6-17-7-5-16/h2-3,8H,1,4-7,9-10,15H2. The van der Waals surface area contributed by atoms with Gasteiger partial charge in [0.25, 0.3) is 0 Å². The van der Waals surface area contributed by atoms with Gasteiger partial charge in [0.05, 0.1) is 6.61 Å². The molecule has 2 N–H and O–H groups in total. The van der Waals surface area contributed by atoms with Crippen LogP contribution >= 0.6 is 0 Å². The third-order valence-electron chi connectivity index (χ3n) is 3.06. The van der Waals surface area contributed by atoms with E-state index in [0.717, 1.165) is 43.9 Å². The van der Waals surface area contributed by atoms with E-state index in [2.05, 4.69) is 4.90 Å². The van der Waals surface area contributed by atoms with Crippen LogP contribution in [0.2, 0.25) is 0 Å². The summed E-state index contributed by atoms with van der Waals surface area (Å²) in [5, 5.41) is 0. The fourth-order valence-corrected chi connectivity index (χ4v) is 2.04. The number of nitrogens with two attached hydrogens (primary N) is 1. The first-order valence-electron chi connectivity index (χ1n) is 6.07. The number of ether oxygens (including phenoxy) is 1. The van der Waals surface area contributed by atoms with E-state index >= 15 is 0 Å². The van der Waals surface area contributed by atoms with E-state index in [0.29, 0.717) is 13.1 Å². The molecular weight excluding hydrogens is 219 g/mol. The molecule has 0 unspecified atom stereocenters. The van der Waals surface area contributed by atoms with Gasteiger partial charge in [-0.15, -0.1) is 0 Å². The van der Waals surface area contributed by atoms with Crippen molar-refractivity contribution >= 4 is 0 Å². The van der Waals surface area contributed by atoms with Crippen molar-refractivity contribution in [2.75, 3.05) is 26.3 Å². The summed E-state index contributed by atoms with van der Waals surface area (Å²) in [4.78, 5) is 2.23. The number of hydrogen-bond acceptors (Lipinski definition) is 3. The van der Waals surface area contributed by atoms with Gasteiger partial charge in [-0.1, -0.05) is 12.1 Å². The SMILES string of the molecule is NCc1ccc(CN2CCCOCC2)c(F)c1. The molecule has 1 aromatic carbocycles. The van der Waals surface area contributed by atoms with Gasteiger partial charge < -0.3 is 10.5 Å². The zero-order valence-electron chi connectivity index (χ0n) is 9.99. The van der Waals surface area contributed by atoms with E-state index in [4.69, 9.17) is 10.5 Å². The fraction of sp³-hybridized carbons (Fsp3) is 0.538. The maximum Gasteiger partial charge on any atom is 0.128 e. The van der Waals surface area contributed by atoms with Gasteiger partial charge in [-0.3, -0.25) is 4.90 Å². The minimum atomic E-state index is -0.155. The number of halogens is 1. The molecule has 17 heavy (non-hydrogen) atoms. The number of nitrogens with zero attached hydrogens (tertiary/aromatic N) is 1. The molecule has 0 radical (unpaired) electrons. The lowest BCUT2D eigenvalue weighted by atomic mass is 10.1. The Hall–Kier alpha value is -0.970. The third kappa shape index (κ3) is 3.49. The van der Waals surface area contributed by atoms with Gasteiger partial charge in [0.15, 0.2) is 0 Å². The molecule has 1 aromatic rings. The quantitative estimate of drug-likeness (QED) is 0.867. The van der Waals surface area contributed by atoms with Crippen molar-refractivity contribution in [3.63, 3.8) is 0 Å². The lowest BCUT2D eigenvalue weighted by Crippen LogP contribution is -2.26. The molecule has 0 atom stereocenters. The smallest absolute Gasteiger partial charge is 0.128 e. The van der Waals surface area contributed by atoms with E-state index in [1.165, 1.54) is 6.07 Å². The van der Waals surface area contributed by atoms with E-state index in [9.17, 15) is 4.39 Å². The van der Waals surface area contributed by atoms with Crippen LogP contribution in [0.3, 0.4) is 0 Å². The Bertz CT molecular complexity index is 362. The lowest BCUT2D eigenvalue weighted by Gasteiger charge is -2.19. The molecule has 94 valence electrons. The predicted octanol–water partition coefficient (Wildman–Crippen LogP) is 1.51. The van der Waals surface area contributed by atoms with Crippen LogP contribution in [0, 0.1) is 5.82 Å². The highest BCUT2D eigenvalue weighted by Crippen LogP contribution is 2.13. The van der Waals surface area contributed by atoms with Gasteiger partial charge in [-0.05, 0) is 18.1 Å². The molecular formula is C13H19FN2O. The molecule has 1 heterocycles. The summed E-state index contributed by atoms with van der Waals surface area (Å²) in [5.41, 5.74) is 7.06. The molecule has 0 saturated carbocycles. The lowest BCUT2D eigenvalue weighted by molar-refractivity contribution is 0.140. The molecule has 1 fully saturated rings. The Balaban J connectivity index is 2.01. The van der Waals surface area contributed by atoms with Gasteiger partial charge in [-0.25, -0.2) is 4.39 Å². The first kappa shape index (κ1) is 12.5. The molecule has 0 aromatic heterocycles. The molecule has 0 spiro atoms. The van der Waals surface area contributed by atoms with Gasteiger partial charge >= 0.3 is 0 Å². The fourth-order valence-electron chi connectivity index (χ4n) is 2.04. The van der Waals surface area contributed by atoms with Crippen molar-refractivity contribution < 1.29 is 9.13 Å². The van der Waals surface area contributed by atoms with Crippen molar-refractivity contribution in [2.24, 2.45) is 5.73 Å². The molecule has 0 amide bonds. The van der Waals surface area contributed by atoms with Crippen LogP contribution in [0.5, 0.6) is 0 Å². The average Bonchev–Trinajstić information content (AvgIpc) is 2.60. The van der Waals surface area contributed by atoms with Crippen molar-refractivity contribution in [2.45, 2.75) is 19.5 Å². The Morgan fingerprint density at radius 1 is 1.29 bits per heavy atom. The Labute approximate surface area is 101 Å². The third-order valence-corrected chi connectivity index (χ3v) is 3.06. The highest BCUT2D eigenvalue weighted by Gasteiger charge is 2.12. The van der Waals surface area contributed by atoms with Crippen molar-refractivity contribution in [3.8, 4) is 0 Å². The Morgan fingerprint density at radius 2 is 2.18 bits per heavy atom. The summed E-state index contributed by atoms with van der Waals surface area (Å²) in [6.07, 6.45) is 1.02. The highest BCUT2D eigenvalue weighted by molar-refractivity contribution is 5.24. The molecule has 1 saturated heterocycles. The van der Waals surface area contributed by atoms with Crippen LogP contribution < -0.4 is 5.73 Å². The maximum absolute atomic E-state index is 13.8. The monoisotopic (exact) mass is 238 g/mol. The van der Waals surface area contributed by atoms with Crippen LogP contribution in [0.4, 0.5) is 4.39 Å². The summed E-state index contributed by atoms with van der Waals surface area (Å²) < 4.78 is 19.2. The normalized spacial score (nSPS) is 18.0. The largest absolute Gasteiger partial charge is 0.380 e. The summed E-state index contributed by atoms with van der Waals surface area (Å²) >= 11 is 0. The van der Waals surface area contributed by atoms with Gasteiger partial charge in [0.2, 0.25) is 0 Å². The van der Waals surface area contributed by atoms with E-state index < -0.39 is 0 Å². The van der Waals surface area contributed by atoms with Crippen LogP contribution in [-0.2, 0) is 17.8 Å². The summed E-state index contributed by atoms with van der Waals surface area (Å²) in [6.45, 7) is 4.43. The number of hydrogen-bond donors (Lipinski definition) is 1. The van der Waals surface area contributed by atoms with Gasteiger partial charge in [-0.2, -0.15) is 0 Å². The molecule has 0 aliphatic carbocycles. The van der Waals surface area contributed by atoms with E-state index in [1.807, 2.05) is 12.1 Å². The Morgan fingerprint density at radius 3 is 2.94 bits per heavy atom. The van der Waals surface area contributed by atoms with Crippen molar-refractivity contribution in [1.82, 2.24) is 4.90 Å². The van der Waals surface area contributed by atoms with E-state index in [-0.39, 0.29) is 5.82 Å². The van der Waals surface area contributed by atoms with Crippen LogP contribution in [0.25, 0.3) is 0 Å². The molecule has 1 aliphatic rings. The minimum absolute atomic E-state index is 0.155. The van der Waals surface area contributed by atoms with Crippen molar-refractivity contribution in [1.29, 1.82) is 0 Å². The van der Waals surface area contributed by atoms with Crippen molar-refractivity contribution in [3.05, 3.63) is 35.1 Å². The zero-order valence-corrected chi connectivity index (χ0v) is 9.99. The van der Waals surface area contributed by atoms with Crippen LogP contribution in [0.15, 0.2) is 18.2 Å². The summed E-state index contributed by atoms with van der Waals surface area (Å²) in [6, 6.07) is 5.26. The second-order valence-corrected chi connectivity index (χ2v) is 4.37. The highest BCUT2D eigenvalue weighted by atomic mass is 19.1. The zero-order chi connectivity index (χ0) is 12.1. The molecule has 1 aliphatic heterocycles. The molecule has 2 rings (SSSR count). The van der Waals surface area contributed by atoms with Gasteiger partial charge in [0.1, 0.15) is 5.82 Å². The first-order valence-corrected chi connectivity index (χ1v) is 6.07. The predicted molar refractivity (Wildman–Crippen MR) is 65.0 cm³/mol. The minimum Gasteiger partial charge on any atom is -0.380 e. The van der Waals surface area contributed by atoms with Crippen LogP contribution in [0.1, 0.15) is 17.5 Å². The molecule has 4 heteroatoms. The van der Waals surface area contributed by atoms with Gasteiger partial charge in [0, 0.05) is 38.3 Å².